The summed E-state index contributed by atoms with van der Waals surface area (Å²) < 4.78 is 0. The summed E-state index contributed by atoms with van der Waals surface area (Å²) in [5.41, 5.74) is 0. The summed E-state index contributed by atoms with van der Waals surface area (Å²) >= 11 is 0. The topological polar surface area (TPSA) is 17.1 Å². The lowest BCUT2D eigenvalue weighted by atomic mass is 10.1. The second kappa shape index (κ2) is 15.4. The van der Waals surface area contributed by atoms with E-state index in [1.807, 2.05) is 6.08 Å². The third-order valence-corrected chi connectivity index (χ3v) is 3.19. The lowest BCUT2D eigenvalue weighted by Gasteiger charge is -2.01. The molecule has 0 aromatic heterocycles. The quantitative estimate of drug-likeness (QED) is 0.237. The molecule has 0 rings (SSSR count). The molecule has 0 heterocycles. The molecule has 0 unspecified atom stereocenters. The molecule has 0 aliphatic heterocycles. The number of unbranched alkanes of at least 4 members (excludes halogenated alkanes) is 11. The van der Waals surface area contributed by atoms with Gasteiger partial charge in [-0.25, -0.2) is 0 Å². The van der Waals surface area contributed by atoms with Crippen LogP contribution >= 0.6 is 0 Å². The number of hydrogen-bond acceptors (Lipinski definition) is 1. The smallest absolute Gasteiger partial charge is 0.142 e. The van der Waals surface area contributed by atoms with Crippen LogP contribution < -0.4 is 0 Å². The SMILES string of the molecule is CCCCCCCCCCCCC/C=C\C=O. The van der Waals surface area contributed by atoms with Crippen LogP contribution in [0.25, 0.3) is 0 Å². The zero-order valence-corrected chi connectivity index (χ0v) is 11.6. The summed E-state index contributed by atoms with van der Waals surface area (Å²) in [6.45, 7) is 2.27. The highest BCUT2D eigenvalue weighted by Gasteiger charge is 1.92. The van der Waals surface area contributed by atoms with Crippen molar-refractivity contribution in [1.29, 1.82) is 0 Å². The first kappa shape index (κ1) is 16.4. The van der Waals surface area contributed by atoms with E-state index in [0.29, 0.717) is 0 Å². The van der Waals surface area contributed by atoms with Crippen LogP contribution in [0.4, 0.5) is 0 Å². The van der Waals surface area contributed by atoms with Gasteiger partial charge in [0.2, 0.25) is 0 Å². The van der Waals surface area contributed by atoms with E-state index in [9.17, 15) is 4.79 Å². The minimum absolute atomic E-state index is 0.860. The Morgan fingerprint density at radius 1 is 0.706 bits per heavy atom. The maximum atomic E-state index is 10.0. The van der Waals surface area contributed by atoms with E-state index < -0.39 is 0 Å². The van der Waals surface area contributed by atoms with Gasteiger partial charge in [-0.3, -0.25) is 4.79 Å². The number of carbonyl (C=O) groups is 1. The van der Waals surface area contributed by atoms with Crippen molar-refractivity contribution in [3.8, 4) is 0 Å². The lowest BCUT2D eigenvalue weighted by molar-refractivity contribution is -0.104. The number of carbonyl (C=O) groups excluding carboxylic acids is 1. The van der Waals surface area contributed by atoms with Crippen molar-refractivity contribution in [3.63, 3.8) is 0 Å². The molecule has 0 aromatic carbocycles. The van der Waals surface area contributed by atoms with Crippen molar-refractivity contribution < 1.29 is 4.79 Å². The highest BCUT2D eigenvalue weighted by atomic mass is 16.1. The molecule has 17 heavy (non-hydrogen) atoms. The van der Waals surface area contributed by atoms with Crippen LogP contribution in [0.2, 0.25) is 0 Å². The maximum absolute atomic E-state index is 10.0. The fourth-order valence-electron chi connectivity index (χ4n) is 2.08. The van der Waals surface area contributed by atoms with Gasteiger partial charge >= 0.3 is 0 Å². The number of rotatable bonds is 13. The van der Waals surface area contributed by atoms with Crippen LogP contribution in [0.15, 0.2) is 12.2 Å². The first-order valence-electron chi connectivity index (χ1n) is 7.52. The normalized spacial score (nSPS) is 11.1. The summed E-state index contributed by atoms with van der Waals surface area (Å²) in [5, 5.41) is 0. The zero-order valence-electron chi connectivity index (χ0n) is 11.6. The average Bonchev–Trinajstić information content (AvgIpc) is 2.35. The Bertz CT molecular complexity index is 172. The Morgan fingerprint density at radius 2 is 1.18 bits per heavy atom. The molecule has 0 atom stereocenters. The highest BCUT2D eigenvalue weighted by Crippen LogP contribution is 2.11. The van der Waals surface area contributed by atoms with Gasteiger partial charge in [0, 0.05) is 0 Å². The van der Waals surface area contributed by atoms with Crippen LogP contribution in [0, 0.1) is 0 Å². The van der Waals surface area contributed by atoms with Crippen molar-refractivity contribution in [2.45, 2.75) is 84.0 Å². The van der Waals surface area contributed by atoms with Crippen molar-refractivity contribution >= 4 is 6.29 Å². The van der Waals surface area contributed by atoms with E-state index in [1.165, 1.54) is 70.6 Å². The van der Waals surface area contributed by atoms with Gasteiger partial charge in [-0.15, -0.1) is 0 Å². The molecule has 0 amide bonds. The second-order valence-corrected chi connectivity index (χ2v) is 4.89. The van der Waals surface area contributed by atoms with Gasteiger partial charge in [-0.2, -0.15) is 0 Å². The fourth-order valence-corrected chi connectivity index (χ4v) is 2.08. The first-order chi connectivity index (χ1) is 8.41. The molecule has 0 spiro atoms. The van der Waals surface area contributed by atoms with Gasteiger partial charge in [0.05, 0.1) is 0 Å². The Morgan fingerprint density at radius 3 is 1.65 bits per heavy atom. The van der Waals surface area contributed by atoms with Crippen molar-refractivity contribution in [2.75, 3.05) is 0 Å². The molecule has 0 aromatic rings. The zero-order chi connectivity index (χ0) is 12.6. The van der Waals surface area contributed by atoms with E-state index >= 15 is 0 Å². The third-order valence-electron chi connectivity index (χ3n) is 3.19. The molecule has 0 bridgehead atoms. The minimum Gasteiger partial charge on any atom is -0.299 e. The van der Waals surface area contributed by atoms with E-state index in [0.717, 1.165) is 12.7 Å². The van der Waals surface area contributed by atoms with Crippen LogP contribution in [0.1, 0.15) is 84.0 Å². The second-order valence-electron chi connectivity index (χ2n) is 4.89. The summed E-state index contributed by atoms with van der Waals surface area (Å²) in [5.74, 6) is 0. The average molecular weight is 238 g/mol. The molecule has 0 N–H and O–H groups in total. The fraction of sp³-hybridized carbons (Fsp3) is 0.812. The van der Waals surface area contributed by atoms with Crippen LogP contribution in [0.3, 0.4) is 0 Å². The predicted octanol–water partition coefficient (Wildman–Crippen LogP) is 5.44. The molecule has 1 heteroatoms. The Labute approximate surface area is 108 Å². The number of aldehydes is 1. The van der Waals surface area contributed by atoms with E-state index in [2.05, 4.69) is 6.92 Å². The van der Waals surface area contributed by atoms with Crippen LogP contribution in [0.5, 0.6) is 0 Å². The first-order valence-corrected chi connectivity index (χ1v) is 7.52. The van der Waals surface area contributed by atoms with Crippen molar-refractivity contribution in [3.05, 3.63) is 12.2 Å². The molecule has 0 aliphatic rings. The van der Waals surface area contributed by atoms with Crippen molar-refractivity contribution in [2.24, 2.45) is 0 Å². The maximum Gasteiger partial charge on any atom is 0.142 e. The Kier molecular flexibility index (Phi) is 14.9. The number of allylic oxidation sites excluding steroid dienone is 2. The predicted molar refractivity (Wildman–Crippen MR) is 76.3 cm³/mol. The molecule has 0 fully saturated rings. The summed E-state index contributed by atoms with van der Waals surface area (Å²) in [6, 6.07) is 0. The monoisotopic (exact) mass is 238 g/mol. The molecule has 100 valence electrons. The van der Waals surface area contributed by atoms with E-state index in [-0.39, 0.29) is 0 Å². The van der Waals surface area contributed by atoms with E-state index in [1.54, 1.807) is 6.08 Å². The Hall–Kier alpha value is -0.590. The Balaban J connectivity index is 2.93. The number of hydrogen-bond donors (Lipinski definition) is 0. The van der Waals surface area contributed by atoms with Crippen LogP contribution in [-0.2, 0) is 4.79 Å². The molecule has 1 nitrogen and oxygen atoms in total. The van der Waals surface area contributed by atoms with Gasteiger partial charge in [0.25, 0.3) is 0 Å². The minimum atomic E-state index is 0.860. The van der Waals surface area contributed by atoms with Gasteiger partial charge in [-0.05, 0) is 18.9 Å². The lowest BCUT2D eigenvalue weighted by Crippen LogP contribution is -1.82. The van der Waals surface area contributed by atoms with Gasteiger partial charge in [0.1, 0.15) is 6.29 Å². The molecule has 0 saturated carbocycles. The third kappa shape index (κ3) is 15.4. The molecule has 0 aliphatic carbocycles. The molecule has 0 saturated heterocycles. The summed E-state index contributed by atoms with van der Waals surface area (Å²) in [4.78, 5) is 10.0. The van der Waals surface area contributed by atoms with Gasteiger partial charge < -0.3 is 0 Å². The van der Waals surface area contributed by atoms with Crippen LogP contribution in [-0.4, -0.2) is 6.29 Å². The molecular formula is C16H30O. The van der Waals surface area contributed by atoms with Gasteiger partial charge in [0.15, 0.2) is 0 Å². The van der Waals surface area contributed by atoms with Crippen molar-refractivity contribution in [1.82, 2.24) is 0 Å². The van der Waals surface area contributed by atoms with Gasteiger partial charge in [-0.1, -0.05) is 77.2 Å². The largest absolute Gasteiger partial charge is 0.299 e. The molecular weight excluding hydrogens is 208 g/mol. The summed E-state index contributed by atoms with van der Waals surface area (Å²) in [6.07, 6.45) is 20.7. The highest BCUT2D eigenvalue weighted by molar-refractivity contribution is 5.64. The standard InChI is InChI=1S/C16H30O/c1-2-3-4-5-6-7-8-9-10-11-12-13-14-15-16-17/h14-16H,2-13H2,1H3/b15-14-. The molecule has 0 radical (unpaired) electrons. The summed E-state index contributed by atoms with van der Waals surface area (Å²) in [7, 11) is 0. The van der Waals surface area contributed by atoms with E-state index in [4.69, 9.17) is 0 Å².